The predicted molar refractivity (Wildman–Crippen MR) is 76.7 cm³/mol. The van der Waals surface area contributed by atoms with Crippen LogP contribution in [0.2, 0.25) is 0 Å². The van der Waals surface area contributed by atoms with Crippen LogP contribution in [0.15, 0.2) is 12.1 Å². The number of rotatable bonds is 5. The van der Waals surface area contributed by atoms with Crippen LogP contribution >= 0.6 is 23.4 Å². The minimum atomic E-state index is 0.609. The molecule has 0 saturated carbocycles. The molecule has 0 aliphatic carbocycles. The van der Waals surface area contributed by atoms with Gasteiger partial charge in [-0.15, -0.1) is 11.6 Å². The molecule has 16 heavy (non-hydrogen) atoms. The number of aryl methyl sites for hydroxylation is 3. The van der Waals surface area contributed by atoms with Gasteiger partial charge in [-0.1, -0.05) is 24.6 Å². The summed E-state index contributed by atoms with van der Waals surface area (Å²) in [6.45, 7) is 8.78. The first-order valence-corrected chi connectivity index (χ1v) is 7.44. The second-order valence-corrected chi connectivity index (χ2v) is 5.99. The van der Waals surface area contributed by atoms with Crippen LogP contribution in [-0.2, 0) is 5.75 Å². The molecule has 0 amide bonds. The van der Waals surface area contributed by atoms with Crippen molar-refractivity contribution in [2.24, 2.45) is 5.92 Å². The summed E-state index contributed by atoms with van der Waals surface area (Å²) in [6, 6.07) is 4.54. The lowest BCUT2D eigenvalue weighted by Crippen LogP contribution is -2.01. The Kier molecular flexibility index (Phi) is 5.71. The van der Waals surface area contributed by atoms with Crippen LogP contribution in [0.25, 0.3) is 0 Å². The summed E-state index contributed by atoms with van der Waals surface area (Å²) in [6.07, 6.45) is 0. The molecule has 2 heteroatoms. The number of hydrogen-bond acceptors (Lipinski definition) is 1. The smallest absolute Gasteiger partial charge is 0.0257 e. The lowest BCUT2D eigenvalue weighted by molar-refractivity contribution is 0.759. The summed E-state index contributed by atoms with van der Waals surface area (Å²) in [5.41, 5.74) is 5.70. The van der Waals surface area contributed by atoms with Crippen LogP contribution in [0.4, 0.5) is 0 Å². The molecule has 1 unspecified atom stereocenters. The fourth-order valence-corrected chi connectivity index (χ4v) is 3.38. The number of thioether (sulfide) groups is 1. The summed E-state index contributed by atoms with van der Waals surface area (Å²) < 4.78 is 0. The Labute approximate surface area is 109 Å². The van der Waals surface area contributed by atoms with Gasteiger partial charge in [-0.3, -0.25) is 0 Å². The molecule has 0 aliphatic heterocycles. The highest BCUT2D eigenvalue weighted by molar-refractivity contribution is 7.98. The average Bonchev–Trinajstić information content (AvgIpc) is 2.21. The van der Waals surface area contributed by atoms with Gasteiger partial charge >= 0.3 is 0 Å². The predicted octanol–water partition coefficient (Wildman–Crippen LogP) is 4.72. The van der Waals surface area contributed by atoms with Crippen molar-refractivity contribution < 1.29 is 0 Å². The van der Waals surface area contributed by atoms with Gasteiger partial charge in [-0.25, -0.2) is 0 Å². The first-order valence-electron chi connectivity index (χ1n) is 5.75. The highest BCUT2D eigenvalue weighted by atomic mass is 35.5. The Bertz CT molecular complexity index is 324. The standard InChI is InChI=1S/C14H21ClS/c1-10-5-12(3)14(13(4)6-10)9-16-8-11(2)7-15/h5-6,11H,7-9H2,1-4H3. The zero-order chi connectivity index (χ0) is 12.1. The Balaban J connectivity index is 2.60. The van der Waals surface area contributed by atoms with Crippen LogP contribution < -0.4 is 0 Å². The zero-order valence-corrected chi connectivity index (χ0v) is 12.2. The monoisotopic (exact) mass is 256 g/mol. The molecular formula is C14H21ClS. The van der Waals surface area contributed by atoms with E-state index in [9.17, 15) is 0 Å². The topological polar surface area (TPSA) is 0 Å². The second kappa shape index (κ2) is 6.56. The maximum atomic E-state index is 5.80. The van der Waals surface area contributed by atoms with Crippen molar-refractivity contribution in [3.05, 3.63) is 34.4 Å². The van der Waals surface area contributed by atoms with Crippen molar-refractivity contribution in [1.29, 1.82) is 0 Å². The molecule has 0 nitrogen and oxygen atoms in total. The molecule has 0 aromatic heterocycles. The molecule has 0 bridgehead atoms. The maximum absolute atomic E-state index is 5.80. The van der Waals surface area contributed by atoms with Crippen molar-refractivity contribution in [1.82, 2.24) is 0 Å². The third-order valence-corrected chi connectivity index (χ3v) is 4.58. The van der Waals surface area contributed by atoms with Crippen molar-refractivity contribution >= 4 is 23.4 Å². The highest BCUT2D eigenvalue weighted by Crippen LogP contribution is 2.23. The largest absolute Gasteiger partial charge is 0.157 e. The summed E-state index contributed by atoms with van der Waals surface area (Å²) >= 11 is 7.79. The quantitative estimate of drug-likeness (QED) is 0.687. The number of halogens is 1. The van der Waals surface area contributed by atoms with E-state index in [4.69, 9.17) is 11.6 Å². The molecule has 1 rings (SSSR count). The van der Waals surface area contributed by atoms with Crippen LogP contribution in [0, 0.1) is 26.7 Å². The summed E-state index contributed by atoms with van der Waals surface area (Å²) in [5, 5.41) is 0. The Morgan fingerprint density at radius 1 is 1.19 bits per heavy atom. The van der Waals surface area contributed by atoms with Gasteiger partial charge in [-0.05, 0) is 49.1 Å². The van der Waals surface area contributed by atoms with Crippen molar-refractivity contribution in [3.8, 4) is 0 Å². The molecule has 90 valence electrons. The molecule has 0 saturated heterocycles. The molecule has 1 aromatic rings. The summed E-state index contributed by atoms with van der Waals surface area (Å²) in [7, 11) is 0. The van der Waals surface area contributed by atoms with Crippen LogP contribution in [0.3, 0.4) is 0 Å². The van der Waals surface area contributed by atoms with E-state index >= 15 is 0 Å². The van der Waals surface area contributed by atoms with Crippen LogP contribution in [-0.4, -0.2) is 11.6 Å². The lowest BCUT2D eigenvalue weighted by Gasteiger charge is -2.12. The number of alkyl halides is 1. The van der Waals surface area contributed by atoms with Gasteiger partial charge in [0, 0.05) is 11.6 Å². The first kappa shape index (κ1) is 13.9. The summed E-state index contributed by atoms with van der Waals surface area (Å²) in [5.74, 6) is 3.63. The molecule has 0 aliphatic rings. The van der Waals surface area contributed by atoms with E-state index in [0.717, 1.165) is 17.4 Å². The second-order valence-electron chi connectivity index (χ2n) is 4.65. The maximum Gasteiger partial charge on any atom is 0.0257 e. The van der Waals surface area contributed by atoms with Crippen molar-refractivity contribution in [2.45, 2.75) is 33.4 Å². The van der Waals surface area contributed by atoms with Gasteiger partial charge in [0.15, 0.2) is 0 Å². The molecule has 0 fully saturated rings. The van der Waals surface area contributed by atoms with Gasteiger partial charge in [0.05, 0.1) is 0 Å². The van der Waals surface area contributed by atoms with Crippen LogP contribution in [0.1, 0.15) is 29.2 Å². The van der Waals surface area contributed by atoms with E-state index < -0.39 is 0 Å². The first-order chi connectivity index (χ1) is 7.54. The van der Waals surface area contributed by atoms with Gasteiger partial charge in [0.25, 0.3) is 0 Å². The van der Waals surface area contributed by atoms with E-state index in [1.807, 2.05) is 11.8 Å². The Morgan fingerprint density at radius 3 is 2.25 bits per heavy atom. The van der Waals surface area contributed by atoms with Crippen molar-refractivity contribution in [3.63, 3.8) is 0 Å². The lowest BCUT2D eigenvalue weighted by atomic mass is 10.0. The Morgan fingerprint density at radius 2 is 1.75 bits per heavy atom. The van der Waals surface area contributed by atoms with E-state index in [0.29, 0.717) is 5.92 Å². The Hall–Kier alpha value is -0.140. The minimum absolute atomic E-state index is 0.609. The van der Waals surface area contributed by atoms with Gasteiger partial charge in [-0.2, -0.15) is 11.8 Å². The van der Waals surface area contributed by atoms with Crippen LogP contribution in [0.5, 0.6) is 0 Å². The third kappa shape index (κ3) is 4.03. The average molecular weight is 257 g/mol. The van der Waals surface area contributed by atoms with E-state index in [1.54, 1.807) is 0 Å². The molecular weight excluding hydrogens is 236 g/mol. The number of hydrogen-bond donors (Lipinski definition) is 0. The van der Waals surface area contributed by atoms with E-state index in [-0.39, 0.29) is 0 Å². The molecule has 1 aromatic carbocycles. The zero-order valence-electron chi connectivity index (χ0n) is 10.6. The molecule has 0 N–H and O–H groups in total. The van der Waals surface area contributed by atoms with Gasteiger partial charge in [0.2, 0.25) is 0 Å². The summed E-state index contributed by atoms with van der Waals surface area (Å²) in [4.78, 5) is 0. The molecule has 1 atom stereocenters. The molecule has 0 radical (unpaired) electrons. The highest BCUT2D eigenvalue weighted by Gasteiger charge is 2.05. The minimum Gasteiger partial charge on any atom is -0.157 e. The third-order valence-electron chi connectivity index (χ3n) is 2.75. The molecule has 0 spiro atoms. The van der Waals surface area contributed by atoms with Crippen molar-refractivity contribution in [2.75, 3.05) is 11.6 Å². The van der Waals surface area contributed by atoms with E-state index in [1.165, 1.54) is 22.3 Å². The van der Waals surface area contributed by atoms with E-state index in [2.05, 4.69) is 39.8 Å². The normalized spacial score (nSPS) is 12.8. The SMILES string of the molecule is Cc1cc(C)c(CSCC(C)CCl)c(C)c1. The number of benzene rings is 1. The fraction of sp³-hybridized carbons (Fsp3) is 0.571. The fourth-order valence-electron chi connectivity index (χ4n) is 1.84. The molecule has 0 heterocycles. The van der Waals surface area contributed by atoms with Gasteiger partial charge in [0.1, 0.15) is 0 Å². The van der Waals surface area contributed by atoms with Gasteiger partial charge < -0.3 is 0 Å².